The number of hydrogen-bond acceptors (Lipinski definition) is 3. The average molecular weight is 352 g/mol. The van der Waals surface area contributed by atoms with Gasteiger partial charge in [0, 0.05) is 11.9 Å². The Morgan fingerprint density at radius 2 is 2.19 bits per heavy atom. The number of rotatable bonds is 8. The van der Waals surface area contributed by atoms with Gasteiger partial charge < -0.3 is 19.0 Å². The van der Waals surface area contributed by atoms with E-state index in [1.807, 2.05) is 30.3 Å². The quantitative estimate of drug-likeness (QED) is 0.612. The van der Waals surface area contributed by atoms with Crippen LogP contribution < -0.4 is 10.1 Å². The summed E-state index contributed by atoms with van der Waals surface area (Å²) in [4.78, 5) is 12.8. The molecule has 0 aliphatic rings. The number of nitrogens with zero attached hydrogens (tertiary/aromatic N) is 1. The lowest BCUT2D eigenvalue weighted by molar-refractivity contribution is 0.0938. The Kier molecular flexibility index (Phi) is 5.46. The zero-order valence-corrected chi connectivity index (χ0v) is 15.2. The van der Waals surface area contributed by atoms with E-state index >= 15 is 0 Å². The molecule has 0 spiro atoms. The maximum Gasteiger partial charge on any atom is 0.268 e. The van der Waals surface area contributed by atoms with Gasteiger partial charge in [0.05, 0.1) is 18.3 Å². The van der Waals surface area contributed by atoms with Crippen molar-refractivity contribution in [2.45, 2.75) is 26.9 Å². The van der Waals surface area contributed by atoms with Crippen LogP contribution in [0.2, 0.25) is 0 Å². The number of ether oxygens (including phenoxy) is 1. The van der Waals surface area contributed by atoms with Crippen molar-refractivity contribution in [1.29, 1.82) is 0 Å². The zero-order valence-electron chi connectivity index (χ0n) is 15.2. The molecule has 1 N–H and O–H groups in total. The Balaban J connectivity index is 1.96. The van der Waals surface area contributed by atoms with E-state index in [0.29, 0.717) is 24.8 Å². The highest BCUT2D eigenvalue weighted by atomic mass is 16.5. The molecule has 2 aromatic heterocycles. The fourth-order valence-corrected chi connectivity index (χ4v) is 2.95. The summed E-state index contributed by atoms with van der Waals surface area (Å²) < 4.78 is 13.1. The molecule has 0 fully saturated rings. The molecule has 0 radical (unpaired) electrons. The molecule has 3 aromatic rings. The van der Waals surface area contributed by atoms with Gasteiger partial charge in [-0.1, -0.05) is 32.6 Å². The van der Waals surface area contributed by atoms with E-state index in [-0.39, 0.29) is 5.91 Å². The lowest BCUT2D eigenvalue weighted by Crippen LogP contribution is -2.25. The molecular formula is C21H24N2O3. The molecule has 5 heteroatoms. The second-order valence-electron chi connectivity index (χ2n) is 6.58. The van der Waals surface area contributed by atoms with Crippen LogP contribution in [0.5, 0.6) is 5.75 Å². The molecular weight excluding hydrogens is 328 g/mol. The second kappa shape index (κ2) is 7.95. The van der Waals surface area contributed by atoms with Crippen molar-refractivity contribution < 1.29 is 13.9 Å². The molecule has 2 heterocycles. The summed E-state index contributed by atoms with van der Waals surface area (Å²) >= 11 is 0. The maximum absolute atomic E-state index is 12.8. The minimum atomic E-state index is -0.132. The molecule has 1 amide bonds. The predicted molar refractivity (Wildman–Crippen MR) is 102 cm³/mol. The van der Waals surface area contributed by atoms with Gasteiger partial charge in [0.15, 0.2) is 0 Å². The molecule has 0 bridgehead atoms. The highest BCUT2D eigenvalue weighted by Gasteiger charge is 2.18. The second-order valence-corrected chi connectivity index (χ2v) is 6.58. The van der Waals surface area contributed by atoms with Gasteiger partial charge in [0.25, 0.3) is 5.91 Å². The van der Waals surface area contributed by atoms with Crippen LogP contribution in [0, 0.1) is 5.92 Å². The van der Waals surface area contributed by atoms with Gasteiger partial charge in [-0.3, -0.25) is 4.79 Å². The van der Waals surface area contributed by atoms with Crippen LogP contribution in [0.1, 0.15) is 30.1 Å². The third-order valence-corrected chi connectivity index (χ3v) is 4.05. The van der Waals surface area contributed by atoms with Crippen molar-refractivity contribution in [1.82, 2.24) is 9.88 Å². The van der Waals surface area contributed by atoms with E-state index in [1.165, 1.54) is 0 Å². The molecule has 0 aliphatic carbocycles. The Hall–Kier alpha value is -2.95. The fraction of sp³-hybridized carbons (Fsp3) is 0.286. The molecule has 0 atom stereocenters. The van der Waals surface area contributed by atoms with Crippen molar-refractivity contribution in [3.8, 4) is 5.75 Å². The van der Waals surface area contributed by atoms with Gasteiger partial charge >= 0.3 is 0 Å². The van der Waals surface area contributed by atoms with Crippen LogP contribution in [0.15, 0.2) is 59.7 Å². The summed E-state index contributed by atoms with van der Waals surface area (Å²) in [6, 6.07) is 11.4. The van der Waals surface area contributed by atoms with Gasteiger partial charge in [0.2, 0.25) is 0 Å². The van der Waals surface area contributed by atoms with Crippen LogP contribution in [0.4, 0.5) is 0 Å². The summed E-state index contributed by atoms with van der Waals surface area (Å²) in [5.41, 5.74) is 1.61. The lowest BCUT2D eigenvalue weighted by atomic mass is 10.2. The number of carbonyl (C=O) groups is 1. The number of hydrogen-bond donors (Lipinski definition) is 1. The normalized spacial score (nSPS) is 11.0. The molecule has 136 valence electrons. The zero-order chi connectivity index (χ0) is 18.5. The van der Waals surface area contributed by atoms with Crippen LogP contribution in [0.25, 0.3) is 10.9 Å². The summed E-state index contributed by atoms with van der Waals surface area (Å²) in [5, 5.41) is 3.86. The van der Waals surface area contributed by atoms with E-state index in [9.17, 15) is 4.79 Å². The molecule has 0 saturated heterocycles. The van der Waals surface area contributed by atoms with Crippen molar-refractivity contribution in [2.24, 2.45) is 5.92 Å². The minimum absolute atomic E-state index is 0.132. The van der Waals surface area contributed by atoms with Crippen molar-refractivity contribution in [3.05, 3.63) is 66.8 Å². The fourth-order valence-electron chi connectivity index (χ4n) is 2.95. The average Bonchev–Trinajstić information content (AvgIpc) is 3.26. The maximum atomic E-state index is 12.8. The molecule has 5 nitrogen and oxygen atoms in total. The third-order valence-electron chi connectivity index (χ3n) is 4.05. The van der Waals surface area contributed by atoms with Crippen LogP contribution >= 0.6 is 0 Å². The topological polar surface area (TPSA) is 56.4 Å². The number of carbonyl (C=O) groups excluding carboxylic acids is 1. The first kappa shape index (κ1) is 17.9. The largest absolute Gasteiger partial charge is 0.489 e. The van der Waals surface area contributed by atoms with Crippen LogP contribution in [-0.2, 0) is 13.1 Å². The summed E-state index contributed by atoms with van der Waals surface area (Å²) in [6.07, 6.45) is 3.31. The summed E-state index contributed by atoms with van der Waals surface area (Å²) in [6.45, 7) is 9.49. The van der Waals surface area contributed by atoms with Crippen LogP contribution in [-0.4, -0.2) is 17.1 Å². The lowest BCUT2D eigenvalue weighted by Gasteiger charge is -2.13. The minimum Gasteiger partial charge on any atom is -0.489 e. The van der Waals surface area contributed by atoms with E-state index in [1.54, 1.807) is 18.4 Å². The molecule has 26 heavy (non-hydrogen) atoms. The van der Waals surface area contributed by atoms with Gasteiger partial charge in [0.1, 0.15) is 23.8 Å². The first-order valence-corrected chi connectivity index (χ1v) is 8.76. The molecule has 0 aliphatic heterocycles. The number of benzene rings is 1. The van der Waals surface area contributed by atoms with Crippen LogP contribution in [0.3, 0.4) is 0 Å². The highest BCUT2D eigenvalue weighted by Crippen LogP contribution is 2.30. The predicted octanol–water partition coefficient (Wildman–Crippen LogP) is 4.39. The molecule has 1 aromatic carbocycles. The Morgan fingerprint density at radius 1 is 1.35 bits per heavy atom. The van der Waals surface area contributed by atoms with Gasteiger partial charge in [-0.15, -0.1) is 0 Å². The van der Waals surface area contributed by atoms with Gasteiger partial charge in [-0.05, 0) is 36.2 Å². The first-order valence-electron chi connectivity index (χ1n) is 8.76. The number of amides is 1. The van der Waals surface area contributed by atoms with E-state index in [4.69, 9.17) is 9.15 Å². The number of fused-ring (bicyclic) bond motifs is 1. The molecule has 0 unspecified atom stereocenters. The Bertz CT molecular complexity index is 892. The first-order chi connectivity index (χ1) is 12.6. The smallest absolute Gasteiger partial charge is 0.268 e. The standard InChI is InChI=1S/C21H24N2O3/c1-4-10-26-20-9-5-8-18-17(20)12-19(23(18)14-15(2)3)21(24)22-13-16-7-6-11-25-16/h4-9,11-12,15H,1,10,13-14H2,2-3H3,(H,22,24). The summed E-state index contributed by atoms with van der Waals surface area (Å²) in [5.74, 6) is 1.75. The number of aromatic nitrogens is 1. The van der Waals surface area contributed by atoms with Crippen molar-refractivity contribution in [2.75, 3.05) is 6.61 Å². The van der Waals surface area contributed by atoms with E-state index in [0.717, 1.165) is 29.0 Å². The Labute approximate surface area is 153 Å². The summed E-state index contributed by atoms with van der Waals surface area (Å²) in [7, 11) is 0. The number of nitrogens with one attached hydrogen (secondary N) is 1. The third kappa shape index (κ3) is 3.82. The van der Waals surface area contributed by atoms with E-state index in [2.05, 4.69) is 30.3 Å². The van der Waals surface area contributed by atoms with Gasteiger partial charge in [-0.25, -0.2) is 0 Å². The molecule has 0 saturated carbocycles. The van der Waals surface area contributed by atoms with Crippen molar-refractivity contribution in [3.63, 3.8) is 0 Å². The van der Waals surface area contributed by atoms with Gasteiger partial charge in [-0.2, -0.15) is 0 Å². The van der Waals surface area contributed by atoms with E-state index < -0.39 is 0 Å². The monoisotopic (exact) mass is 352 g/mol. The highest BCUT2D eigenvalue weighted by molar-refractivity contribution is 6.00. The SMILES string of the molecule is C=CCOc1cccc2c1cc(C(=O)NCc1ccco1)n2CC(C)C. The van der Waals surface area contributed by atoms with Crippen molar-refractivity contribution >= 4 is 16.8 Å². The number of furan rings is 1. The Morgan fingerprint density at radius 3 is 2.88 bits per heavy atom. The molecule has 3 rings (SSSR count).